The summed E-state index contributed by atoms with van der Waals surface area (Å²) in [4.78, 5) is 10.2. The van der Waals surface area contributed by atoms with Crippen molar-refractivity contribution in [2.45, 2.75) is 13.0 Å². The van der Waals surface area contributed by atoms with Crippen LogP contribution in [0.15, 0.2) is 18.2 Å². The number of methoxy groups -OCH3 is 1. The van der Waals surface area contributed by atoms with Crippen molar-refractivity contribution in [3.63, 3.8) is 0 Å². The molecule has 0 saturated heterocycles. The number of nitrogens with one attached hydrogen (secondary N) is 1. The molecular weight excluding hydrogens is 323 g/mol. The molecule has 0 saturated carbocycles. The van der Waals surface area contributed by atoms with Gasteiger partial charge in [0.1, 0.15) is 0 Å². The molecular formula is C10H13IN2O3. The van der Waals surface area contributed by atoms with Crippen molar-refractivity contribution in [2.75, 3.05) is 19.0 Å². The van der Waals surface area contributed by atoms with Gasteiger partial charge in [-0.2, -0.15) is 0 Å². The van der Waals surface area contributed by atoms with Gasteiger partial charge in [-0.15, -0.1) is 0 Å². The summed E-state index contributed by atoms with van der Waals surface area (Å²) in [5.74, 6) is 0. The summed E-state index contributed by atoms with van der Waals surface area (Å²) in [6.45, 7) is 2.62. The summed E-state index contributed by atoms with van der Waals surface area (Å²) in [5.41, 5.74) is 0.991. The quantitative estimate of drug-likeness (QED) is 0.510. The van der Waals surface area contributed by atoms with Crippen molar-refractivity contribution in [3.8, 4) is 0 Å². The van der Waals surface area contributed by atoms with Gasteiger partial charge in [0.25, 0.3) is 5.69 Å². The van der Waals surface area contributed by atoms with Gasteiger partial charge in [0, 0.05) is 25.4 Å². The molecule has 0 heterocycles. The fourth-order valence-corrected chi connectivity index (χ4v) is 1.82. The monoisotopic (exact) mass is 336 g/mol. The van der Waals surface area contributed by atoms with E-state index in [4.69, 9.17) is 4.74 Å². The Morgan fingerprint density at radius 3 is 2.81 bits per heavy atom. The van der Waals surface area contributed by atoms with Crippen molar-refractivity contribution in [2.24, 2.45) is 0 Å². The Labute approximate surface area is 107 Å². The van der Waals surface area contributed by atoms with E-state index in [2.05, 4.69) is 5.32 Å². The first kappa shape index (κ1) is 13.2. The molecule has 1 unspecified atom stereocenters. The third-order valence-electron chi connectivity index (χ3n) is 2.14. The number of anilines is 1. The van der Waals surface area contributed by atoms with Gasteiger partial charge in [0.05, 0.1) is 14.6 Å². The third kappa shape index (κ3) is 3.60. The zero-order valence-electron chi connectivity index (χ0n) is 9.07. The normalized spacial score (nSPS) is 12.2. The van der Waals surface area contributed by atoms with E-state index < -0.39 is 0 Å². The maximum absolute atomic E-state index is 10.6. The Hall–Kier alpha value is -0.890. The molecule has 0 bridgehead atoms. The minimum atomic E-state index is -0.386. The minimum Gasteiger partial charge on any atom is -0.382 e. The standard InChI is InChI=1S/C10H13IN2O3/c1-7(16-2)6-12-8-3-4-10(13(14)15)9(11)5-8/h3-5,7,12H,6H2,1-2H3. The number of benzene rings is 1. The molecule has 1 aromatic rings. The lowest BCUT2D eigenvalue weighted by atomic mass is 10.2. The maximum Gasteiger partial charge on any atom is 0.282 e. The van der Waals surface area contributed by atoms with Crippen molar-refractivity contribution >= 4 is 34.0 Å². The summed E-state index contributed by atoms with van der Waals surface area (Å²) in [6, 6.07) is 4.95. The number of nitrogens with zero attached hydrogens (tertiary/aromatic N) is 1. The molecule has 0 aliphatic rings. The summed E-state index contributed by atoms with van der Waals surface area (Å²) in [5, 5.41) is 13.8. The lowest BCUT2D eigenvalue weighted by molar-refractivity contribution is -0.385. The average molecular weight is 336 g/mol. The minimum absolute atomic E-state index is 0.104. The predicted molar refractivity (Wildman–Crippen MR) is 70.8 cm³/mol. The zero-order valence-corrected chi connectivity index (χ0v) is 11.2. The summed E-state index contributed by atoms with van der Waals surface area (Å²) in [6.07, 6.45) is 0.104. The fourth-order valence-electron chi connectivity index (χ4n) is 1.11. The molecule has 0 amide bonds. The van der Waals surface area contributed by atoms with E-state index in [1.807, 2.05) is 29.5 Å². The molecule has 16 heavy (non-hydrogen) atoms. The van der Waals surface area contributed by atoms with Crippen LogP contribution < -0.4 is 5.32 Å². The van der Waals surface area contributed by atoms with Crippen LogP contribution in [0, 0.1) is 13.7 Å². The van der Waals surface area contributed by atoms with E-state index in [9.17, 15) is 10.1 Å². The molecule has 1 N–H and O–H groups in total. The van der Waals surface area contributed by atoms with Gasteiger partial charge in [0.15, 0.2) is 0 Å². The van der Waals surface area contributed by atoms with Crippen molar-refractivity contribution in [3.05, 3.63) is 31.9 Å². The molecule has 5 nitrogen and oxygen atoms in total. The highest BCUT2D eigenvalue weighted by molar-refractivity contribution is 14.1. The third-order valence-corrected chi connectivity index (χ3v) is 3.00. The lowest BCUT2D eigenvalue weighted by Gasteiger charge is -2.11. The first-order chi connectivity index (χ1) is 7.54. The van der Waals surface area contributed by atoms with Crippen LogP contribution >= 0.6 is 22.6 Å². The van der Waals surface area contributed by atoms with Gasteiger partial charge in [0.2, 0.25) is 0 Å². The highest BCUT2D eigenvalue weighted by Gasteiger charge is 2.11. The van der Waals surface area contributed by atoms with E-state index in [1.54, 1.807) is 19.2 Å². The molecule has 6 heteroatoms. The van der Waals surface area contributed by atoms with Crippen molar-refractivity contribution < 1.29 is 9.66 Å². The molecule has 1 rings (SSSR count). The number of nitro groups is 1. The topological polar surface area (TPSA) is 64.4 Å². The summed E-state index contributed by atoms with van der Waals surface area (Å²) < 4.78 is 5.71. The van der Waals surface area contributed by atoms with E-state index in [1.165, 1.54) is 6.07 Å². The number of hydrogen-bond acceptors (Lipinski definition) is 4. The molecule has 0 aliphatic carbocycles. The molecule has 0 spiro atoms. The second-order valence-electron chi connectivity index (χ2n) is 3.35. The number of hydrogen-bond donors (Lipinski definition) is 1. The molecule has 0 fully saturated rings. The number of nitro benzene ring substituents is 1. The summed E-state index contributed by atoms with van der Waals surface area (Å²) in [7, 11) is 1.64. The van der Waals surface area contributed by atoms with Gasteiger partial charge >= 0.3 is 0 Å². The highest BCUT2D eigenvalue weighted by atomic mass is 127. The van der Waals surface area contributed by atoms with Crippen molar-refractivity contribution in [1.29, 1.82) is 0 Å². The van der Waals surface area contributed by atoms with Crippen LogP contribution in [-0.2, 0) is 4.74 Å². The first-order valence-electron chi connectivity index (χ1n) is 4.75. The van der Waals surface area contributed by atoms with Gasteiger partial charge in [-0.25, -0.2) is 0 Å². The lowest BCUT2D eigenvalue weighted by Crippen LogP contribution is -2.18. The highest BCUT2D eigenvalue weighted by Crippen LogP contribution is 2.24. The average Bonchev–Trinajstić information content (AvgIpc) is 2.25. The summed E-state index contributed by atoms with van der Waals surface area (Å²) >= 11 is 1.95. The van der Waals surface area contributed by atoms with Crippen LogP contribution in [0.5, 0.6) is 0 Å². The number of halogens is 1. The Morgan fingerprint density at radius 2 is 2.31 bits per heavy atom. The Balaban J connectivity index is 2.70. The van der Waals surface area contributed by atoms with Crippen LogP contribution in [0.4, 0.5) is 11.4 Å². The molecule has 1 aromatic carbocycles. The van der Waals surface area contributed by atoms with Crippen LogP contribution in [0.25, 0.3) is 0 Å². The van der Waals surface area contributed by atoms with Gasteiger partial charge in [-0.1, -0.05) is 0 Å². The Kier molecular flexibility index (Phi) is 4.94. The SMILES string of the molecule is COC(C)CNc1ccc([N+](=O)[O-])c(I)c1. The predicted octanol–water partition coefficient (Wildman–Crippen LogP) is 2.65. The molecule has 0 aromatic heterocycles. The largest absolute Gasteiger partial charge is 0.382 e. The molecule has 0 aliphatic heterocycles. The smallest absolute Gasteiger partial charge is 0.282 e. The molecule has 88 valence electrons. The Morgan fingerprint density at radius 1 is 1.62 bits per heavy atom. The van der Waals surface area contributed by atoms with Crippen LogP contribution in [0.2, 0.25) is 0 Å². The van der Waals surface area contributed by atoms with E-state index in [0.29, 0.717) is 10.1 Å². The Bertz CT molecular complexity index is 384. The van der Waals surface area contributed by atoms with Gasteiger partial charge in [-0.05, 0) is 41.6 Å². The number of ether oxygens (including phenoxy) is 1. The fraction of sp³-hybridized carbons (Fsp3) is 0.400. The van der Waals surface area contributed by atoms with Crippen molar-refractivity contribution in [1.82, 2.24) is 0 Å². The second-order valence-corrected chi connectivity index (χ2v) is 4.51. The van der Waals surface area contributed by atoms with Crippen LogP contribution in [0.3, 0.4) is 0 Å². The first-order valence-corrected chi connectivity index (χ1v) is 5.83. The van der Waals surface area contributed by atoms with E-state index in [-0.39, 0.29) is 16.7 Å². The van der Waals surface area contributed by atoms with Gasteiger partial charge < -0.3 is 10.1 Å². The van der Waals surface area contributed by atoms with Crippen LogP contribution in [0.1, 0.15) is 6.92 Å². The molecule has 1 atom stereocenters. The van der Waals surface area contributed by atoms with E-state index in [0.717, 1.165) is 5.69 Å². The van der Waals surface area contributed by atoms with Crippen LogP contribution in [-0.4, -0.2) is 24.7 Å². The maximum atomic E-state index is 10.6. The van der Waals surface area contributed by atoms with E-state index >= 15 is 0 Å². The molecule has 0 radical (unpaired) electrons. The second kappa shape index (κ2) is 6.00. The zero-order chi connectivity index (χ0) is 12.1. The number of rotatable bonds is 5. The van der Waals surface area contributed by atoms with Gasteiger partial charge in [-0.3, -0.25) is 10.1 Å².